The normalized spacial score (nSPS) is 21.0. The van der Waals surface area contributed by atoms with Crippen LogP contribution in [0.3, 0.4) is 0 Å². The summed E-state index contributed by atoms with van der Waals surface area (Å²) in [7, 11) is -1.63. The number of benzene rings is 1. The van der Waals surface area contributed by atoms with Crippen LogP contribution in [-0.2, 0) is 21.2 Å². The Morgan fingerprint density at radius 3 is 2.73 bits per heavy atom. The van der Waals surface area contributed by atoms with Crippen LogP contribution >= 0.6 is 12.4 Å². The van der Waals surface area contributed by atoms with Crippen molar-refractivity contribution in [3.63, 3.8) is 0 Å². The van der Waals surface area contributed by atoms with Crippen LogP contribution in [0.1, 0.15) is 31.7 Å². The molecule has 2 aliphatic rings. The summed E-state index contributed by atoms with van der Waals surface area (Å²) in [5.74, 6) is 0.308. The zero-order valence-electron chi connectivity index (χ0n) is 15.4. The van der Waals surface area contributed by atoms with Crippen molar-refractivity contribution in [2.75, 3.05) is 38.1 Å². The number of rotatable bonds is 4. The number of carbonyl (C=O) groups excluding carboxylic acids is 1. The van der Waals surface area contributed by atoms with Gasteiger partial charge >= 0.3 is 0 Å². The first kappa shape index (κ1) is 21.2. The fourth-order valence-corrected chi connectivity index (χ4v) is 5.47. The Hall–Kier alpha value is -1.15. The Kier molecular flexibility index (Phi) is 7.07. The van der Waals surface area contributed by atoms with Crippen molar-refractivity contribution < 1.29 is 13.2 Å². The van der Waals surface area contributed by atoms with Gasteiger partial charge in [0.1, 0.15) is 0 Å². The molecule has 1 fully saturated rings. The number of anilines is 1. The van der Waals surface area contributed by atoms with Crippen molar-refractivity contribution in [3.05, 3.63) is 23.8 Å². The van der Waals surface area contributed by atoms with Crippen molar-refractivity contribution in [1.82, 2.24) is 9.62 Å². The van der Waals surface area contributed by atoms with Gasteiger partial charge in [0, 0.05) is 32.2 Å². The molecule has 1 saturated heterocycles. The quantitative estimate of drug-likeness (QED) is 0.838. The number of hydrogen-bond acceptors (Lipinski definition) is 4. The summed E-state index contributed by atoms with van der Waals surface area (Å²) < 4.78 is 27.8. The fourth-order valence-electron chi connectivity index (χ4n) is 3.89. The van der Waals surface area contributed by atoms with E-state index >= 15 is 0 Å². The lowest BCUT2D eigenvalue weighted by Gasteiger charge is -2.33. The number of piperidine rings is 1. The fraction of sp³-hybridized carbons (Fsp3) is 0.611. The first-order valence-corrected chi connectivity index (χ1v) is 10.4. The average molecular weight is 402 g/mol. The van der Waals surface area contributed by atoms with Gasteiger partial charge in [0.05, 0.1) is 4.90 Å². The molecule has 1 atom stereocenters. The lowest BCUT2D eigenvalue weighted by molar-refractivity contribution is -0.116. The van der Waals surface area contributed by atoms with Gasteiger partial charge in [-0.2, -0.15) is 4.31 Å². The topological polar surface area (TPSA) is 69.7 Å². The minimum Gasteiger partial charge on any atom is -0.319 e. The predicted octanol–water partition coefficient (Wildman–Crippen LogP) is 2.03. The van der Waals surface area contributed by atoms with E-state index in [1.54, 1.807) is 21.3 Å². The number of amides is 1. The zero-order chi connectivity index (χ0) is 18.0. The third-order valence-corrected chi connectivity index (χ3v) is 7.03. The van der Waals surface area contributed by atoms with Gasteiger partial charge in [-0.15, -0.1) is 12.4 Å². The second kappa shape index (κ2) is 8.69. The molecule has 1 N–H and O–H groups in total. The summed E-state index contributed by atoms with van der Waals surface area (Å²) in [4.78, 5) is 13.9. The molecule has 1 amide bonds. The molecule has 2 heterocycles. The smallest absolute Gasteiger partial charge is 0.243 e. The number of hydrogen-bond donors (Lipinski definition) is 1. The highest BCUT2D eigenvalue weighted by atomic mass is 35.5. The van der Waals surface area contributed by atoms with E-state index in [1.165, 1.54) is 6.92 Å². The maximum absolute atomic E-state index is 13.1. The maximum atomic E-state index is 13.1. The lowest BCUT2D eigenvalue weighted by Crippen LogP contribution is -2.42. The minimum absolute atomic E-state index is 0. The van der Waals surface area contributed by atoms with E-state index in [4.69, 9.17) is 0 Å². The lowest BCUT2D eigenvalue weighted by atomic mass is 10.00. The number of sulfonamides is 1. The number of fused-ring (bicyclic) bond motifs is 1. The monoisotopic (exact) mass is 401 g/mol. The van der Waals surface area contributed by atoms with Gasteiger partial charge in [0.15, 0.2) is 0 Å². The average Bonchev–Trinajstić information content (AvgIpc) is 2.61. The van der Waals surface area contributed by atoms with Gasteiger partial charge in [-0.3, -0.25) is 4.79 Å². The Morgan fingerprint density at radius 1 is 1.27 bits per heavy atom. The molecule has 0 aliphatic carbocycles. The summed E-state index contributed by atoms with van der Waals surface area (Å²) in [5.41, 5.74) is 1.80. The van der Waals surface area contributed by atoms with Crippen LogP contribution in [0, 0.1) is 5.92 Å². The molecule has 0 aromatic heterocycles. The molecule has 1 aromatic carbocycles. The molecular weight excluding hydrogens is 374 g/mol. The van der Waals surface area contributed by atoms with Gasteiger partial charge in [-0.25, -0.2) is 8.42 Å². The van der Waals surface area contributed by atoms with Gasteiger partial charge in [-0.1, -0.05) is 6.07 Å². The van der Waals surface area contributed by atoms with E-state index in [-0.39, 0.29) is 18.3 Å². The van der Waals surface area contributed by atoms with Crippen LogP contribution in [0.5, 0.6) is 0 Å². The highest BCUT2D eigenvalue weighted by Crippen LogP contribution is 2.32. The van der Waals surface area contributed by atoms with E-state index in [9.17, 15) is 13.2 Å². The van der Waals surface area contributed by atoms with Gasteiger partial charge in [0.2, 0.25) is 15.9 Å². The van der Waals surface area contributed by atoms with E-state index in [2.05, 4.69) is 5.32 Å². The first-order chi connectivity index (χ1) is 11.9. The molecule has 8 heteroatoms. The van der Waals surface area contributed by atoms with E-state index in [0.29, 0.717) is 30.4 Å². The molecular formula is C18H28ClN3O3S. The molecule has 6 nitrogen and oxygen atoms in total. The van der Waals surface area contributed by atoms with Crippen molar-refractivity contribution in [2.24, 2.45) is 5.92 Å². The summed E-state index contributed by atoms with van der Waals surface area (Å²) >= 11 is 0. The Balaban J connectivity index is 0.00000243. The molecule has 0 saturated carbocycles. The van der Waals surface area contributed by atoms with Crippen LogP contribution in [0.15, 0.2) is 23.1 Å². The summed E-state index contributed by atoms with van der Waals surface area (Å²) in [6.07, 6.45) is 3.73. The molecule has 146 valence electrons. The molecule has 3 rings (SSSR count). The first-order valence-electron chi connectivity index (χ1n) is 8.99. The number of aryl methyl sites for hydroxylation is 1. The second-order valence-electron chi connectivity index (χ2n) is 6.99. The highest BCUT2D eigenvalue weighted by Gasteiger charge is 2.31. The van der Waals surface area contributed by atoms with Crippen LogP contribution in [0.25, 0.3) is 0 Å². The van der Waals surface area contributed by atoms with E-state index < -0.39 is 10.0 Å². The van der Waals surface area contributed by atoms with E-state index in [0.717, 1.165) is 43.5 Å². The summed E-state index contributed by atoms with van der Waals surface area (Å²) in [5, 5.41) is 3.14. The Labute approximate surface area is 162 Å². The largest absolute Gasteiger partial charge is 0.319 e. The molecule has 1 unspecified atom stereocenters. The molecule has 0 radical (unpaired) electrons. The van der Waals surface area contributed by atoms with Crippen molar-refractivity contribution in [3.8, 4) is 0 Å². The van der Waals surface area contributed by atoms with Crippen LogP contribution in [0.2, 0.25) is 0 Å². The minimum atomic E-state index is -3.53. The second-order valence-corrected chi connectivity index (χ2v) is 8.93. The van der Waals surface area contributed by atoms with Gasteiger partial charge < -0.3 is 10.2 Å². The number of carbonyl (C=O) groups is 1. The van der Waals surface area contributed by atoms with Crippen LogP contribution in [-0.4, -0.2) is 51.9 Å². The number of halogens is 1. The van der Waals surface area contributed by atoms with Crippen molar-refractivity contribution in [2.45, 2.75) is 37.5 Å². The van der Waals surface area contributed by atoms with Crippen molar-refractivity contribution >= 4 is 34.0 Å². The SMILES string of the molecule is CNCC1CCCN(S(=O)(=O)c2ccc3c(c2)N(C(C)=O)CCC3)C1.Cl. The standard InChI is InChI=1S/C18H27N3O3S.ClH/c1-14(22)21-10-4-6-16-7-8-17(11-18(16)21)25(23,24)20-9-3-5-15(13-20)12-19-2;/h7-8,11,15,19H,3-6,9-10,12-13H2,1-2H3;1H. The van der Waals surface area contributed by atoms with Gasteiger partial charge in [0.25, 0.3) is 0 Å². The Morgan fingerprint density at radius 2 is 2.04 bits per heavy atom. The highest BCUT2D eigenvalue weighted by molar-refractivity contribution is 7.89. The third-order valence-electron chi connectivity index (χ3n) is 5.17. The Bertz CT molecular complexity index is 752. The van der Waals surface area contributed by atoms with Crippen molar-refractivity contribution in [1.29, 1.82) is 0 Å². The van der Waals surface area contributed by atoms with E-state index in [1.807, 2.05) is 13.1 Å². The van der Waals surface area contributed by atoms with Gasteiger partial charge in [-0.05, 0) is 62.9 Å². The zero-order valence-corrected chi connectivity index (χ0v) is 17.0. The van der Waals surface area contributed by atoms with Crippen LogP contribution < -0.4 is 10.2 Å². The maximum Gasteiger partial charge on any atom is 0.243 e. The summed E-state index contributed by atoms with van der Waals surface area (Å²) in [6.45, 7) is 4.13. The van der Waals surface area contributed by atoms with Crippen LogP contribution in [0.4, 0.5) is 5.69 Å². The molecule has 1 aromatic rings. The molecule has 2 aliphatic heterocycles. The molecule has 0 bridgehead atoms. The number of nitrogens with one attached hydrogen (secondary N) is 1. The number of nitrogens with zero attached hydrogens (tertiary/aromatic N) is 2. The summed E-state index contributed by atoms with van der Waals surface area (Å²) in [6, 6.07) is 5.25. The molecule has 26 heavy (non-hydrogen) atoms. The third kappa shape index (κ3) is 4.22. The molecule has 0 spiro atoms. The predicted molar refractivity (Wildman–Crippen MR) is 105 cm³/mol.